The lowest BCUT2D eigenvalue weighted by Crippen LogP contribution is -1.96. The summed E-state index contributed by atoms with van der Waals surface area (Å²) in [6, 6.07) is 7.21. The zero-order valence-electron chi connectivity index (χ0n) is 12.9. The number of aliphatic hydroxyl groups excluding tert-OH is 1. The van der Waals surface area contributed by atoms with Crippen molar-refractivity contribution < 1.29 is 15.0 Å². The Morgan fingerprint density at radius 1 is 0.762 bits per heavy atom. The van der Waals surface area contributed by atoms with Crippen LogP contribution >= 0.6 is 0 Å². The van der Waals surface area contributed by atoms with Gasteiger partial charge in [-0.3, -0.25) is 0 Å². The summed E-state index contributed by atoms with van der Waals surface area (Å²) in [4.78, 5) is 10.7. The molecule has 0 radical (unpaired) electrons. The molecule has 0 unspecified atom stereocenters. The summed E-state index contributed by atoms with van der Waals surface area (Å²) in [7, 11) is 0. The van der Waals surface area contributed by atoms with Gasteiger partial charge in [0, 0.05) is 6.61 Å². The third kappa shape index (κ3) is 8.51. The smallest absolute Gasteiger partial charge is 0.335 e. The molecule has 1 aromatic carbocycles. The summed E-state index contributed by atoms with van der Waals surface area (Å²) in [6.45, 7) is 0.327. The van der Waals surface area contributed by atoms with Gasteiger partial charge in [0.1, 0.15) is 0 Å². The van der Waals surface area contributed by atoms with Gasteiger partial charge in [0.25, 0.3) is 0 Å². The SMILES string of the molecule is O=C(O)c1ccc(CCCCCCCCCCCO)cc1. The van der Waals surface area contributed by atoms with Crippen molar-refractivity contribution in [3.05, 3.63) is 35.4 Å². The molecule has 0 aliphatic rings. The number of carboxylic acids is 1. The highest BCUT2D eigenvalue weighted by molar-refractivity contribution is 5.87. The van der Waals surface area contributed by atoms with Crippen LogP contribution in [0.5, 0.6) is 0 Å². The van der Waals surface area contributed by atoms with Crippen LogP contribution < -0.4 is 0 Å². The molecule has 118 valence electrons. The van der Waals surface area contributed by atoms with Crippen molar-refractivity contribution in [2.45, 2.75) is 64.2 Å². The van der Waals surface area contributed by atoms with Crippen molar-refractivity contribution in [2.75, 3.05) is 6.61 Å². The monoisotopic (exact) mass is 292 g/mol. The van der Waals surface area contributed by atoms with Gasteiger partial charge in [0.2, 0.25) is 0 Å². The molecule has 0 fully saturated rings. The number of carbonyl (C=O) groups is 1. The quantitative estimate of drug-likeness (QED) is 0.560. The van der Waals surface area contributed by atoms with E-state index in [1.165, 1.54) is 50.5 Å². The van der Waals surface area contributed by atoms with E-state index >= 15 is 0 Å². The first-order chi connectivity index (χ1) is 10.2. The van der Waals surface area contributed by atoms with Gasteiger partial charge in [-0.05, 0) is 37.0 Å². The third-order valence-electron chi connectivity index (χ3n) is 3.82. The van der Waals surface area contributed by atoms with Gasteiger partial charge in [-0.15, -0.1) is 0 Å². The molecule has 0 heterocycles. The molecule has 0 atom stereocenters. The van der Waals surface area contributed by atoms with Gasteiger partial charge in [-0.25, -0.2) is 4.79 Å². The summed E-state index contributed by atoms with van der Waals surface area (Å²) in [5.74, 6) is -0.861. The van der Waals surface area contributed by atoms with Gasteiger partial charge >= 0.3 is 5.97 Å². The highest BCUT2D eigenvalue weighted by Crippen LogP contribution is 2.12. The van der Waals surface area contributed by atoms with E-state index in [1.54, 1.807) is 12.1 Å². The Morgan fingerprint density at radius 3 is 1.71 bits per heavy atom. The van der Waals surface area contributed by atoms with Gasteiger partial charge in [0.15, 0.2) is 0 Å². The van der Waals surface area contributed by atoms with Crippen LogP contribution in [-0.4, -0.2) is 22.8 Å². The van der Waals surface area contributed by atoms with Crippen LogP contribution in [0, 0.1) is 0 Å². The minimum atomic E-state index is -0.861. The molecule has 0 aromatic heterocycles. The standard InChI is InChI=1S/C18H28O3/c19-15-9-7-5-3-1-2-4-6-8-10-16-11-13-17(14-12-16)18(20)21/h11-14,19H,1-10,15H2,(H,20,21). The Morgan fingerprint density at radius 2 is 1.24 bits per heavy atom. The van der Waals surface area contributed by atoms with Crippen molar-refractivity contribution in [1.29, 1.82) is 0 Å². The second kappa shape index (κ2) is 11.3. The lowest BCUT2D eigenvalue weighted by molar-refractivity contribution is 0.0697. The molecule has 0 bridgehead atoms. The average Bonchev–Trinajstić information content (AvgIpc) is 2.49. The number of rotatable bonds is 12. The van der Waals surface area contributed by atoms with E-state index in [4.69, 9.17) is 10.2 Å². The highest BCUT2D eigenvalue weighted by Gasteiger charge is 2.01. The second-order valence-corrected chi connectivity index (χ2v) is 5.66. The Kier molecular flexibility index (Phi) is 9.55. The number of hydrogen-bond acceptors (Lipinski definition) is 2. The highest BCUT2D eigenvalue weighted by atomic mass is 16.4. The van der Waals surface area contributed by atoms with E-state index < -0.39 is 5.97 Å². The number of unbranched alkanes of at least 4 members (excludes halogenated alkanes) is 8. The van der Waals surface area contributed by atoms with Crippen molar-refractivity contribution in [3.63, 3.8) is 0 Å². The van der Waals surface area contributed by atoms with Crippen LogP contribution in [-0.2, 0) is 6.42 Å². The first kappa shape index (κ1) is 17.7. The molecule has 1 aromatic rings. The van der Waals surface area contributed by atoms with E-state index in [9.17, 15) is 4.79 Å². The number of hydrogen-bond donors (Lipinski definition) is 2. The number of aliphatic hydroxyl groups is 1. The average molecular weight is 292 g/mol. The zero-order chi connectivity index (χ0) is 15.3. The summed E-state index contributed by atoms with van der Waals surface area (Å²) in [5.41, 5.74) is 1.59. The summed E-state index contributed by atoms with van der Waals surface area (Å²) < 4.78 is 0. The largest absolute Gasteiger partial charge is 0.478 e. The number of aromatic carboxylic acids is 1. The fraction of sp³-hybridized carbons (Fsp3) is 0.611. The Balaban J connectivity index is 1.98. The molecular weight excluding hydrogens is 264 g/mol. The first-order valence-electron chi connectivity index (χ1n) is 8.17. The fourth-order valence-corrected chi connectivity index (χ4v) is 2.49. The molecule has 0 saturated carbocycles. The van der Waals surface area contributed by atoms with E-state index in [2.05, 4.69) is 0 Å². The molecule has 0 aliphatic heterocycles. The van der Waals surface area contributed by atoms with Crippen molar-refractivity contribution >= 4 is 5.97 Å². The van der Waals surface area contributed by atoms with Crippen molar-refractivity contribution in [3.8, 4) is 0 Å². The Labute approximate surface area is 128 Å². The zero-order valence-corrected chi connectivity index (χ0v) is 12.9. The van der Waals surface area contributed by atoms with E-state index in [0.717, 1.165) is 19.3 Å². The van der Waals surface area contributed by atoms with Gasteiger partial charge in [0.05, 0.1) is 5.56 Å². The number of benzene rings is 1. The predicted molar refractivity (Wildman–Crippen MR) is 85.7 cm³/mol. The van der Waals surface area contributed by atoms with E-state index in [0.29, 0.717) is 12.2 Å². The van der Waals surface area contributed by atoms with Crippen LogP contribution in [0.15, 0.2) is 24.3 Å². The molecule has 3 heteroatoms. The van der Waals surface area contributed by atoms with Crippen LogP contribution in [0.3, 0.4) is 0 Å². The molecule has 2 N–H and O–H groups in total. The summed E-state index contributed by atoms with van der Waals surface area (Å²) in [6.07, 6.45) is 12.0. The molecule has 1 rings (SSSR count). The molecule has 0 spiro atoms. The maximum Gasteiger partial charge on any atom is 0.335 e. The number of carboxylic acid groups (broad SMARTS) is 1. The van der Waals surface area contributed by atoms with E-state index in [1.807, 2.05) is 12.1 Å². The van der Waals surface area contributed by atoms with Crippen molar-refractivity contribution in [1.82, 2.24) is 0 Å². The van der Waals surface area contributed by atoms with Crippen LogP contribution in [0.4, 0.5) is 0 Å². The number of aryl methyl sites for hydroxylation is 1. The molecule has 0 amide bonds. The molecular formula is C18H28O3. The minimum Gasteiger partial charge on any atom is -0.478 e. The molecule has 0 saturated heterocycles. The lowest BCUT2D eigenvalue weighted by atomic mass is 10.0. The minimum absolute atomic E-state index is 0.327. The van der Waals surface area contributed by atoms with Gasteiger partial charge in [-0.1, -0.05) is 57.1 Å². The Hall–Kier alpha value is -1.35. The van der Waals surface area contributed by atoms with Gasteiger partial charge < -0.3 is 10.2 Å². The predicted octanol–water partition coefficient (Wildman–Crippen LogP) is 4.43. The molecule has 0 aliphatic carbocycles. The van der Waals surface area contributed by atoms with Crippen molar-refractivity contribution in [2.24, 2.45) is 0 Å². The Bertz CT molecular complexity index is 384. The fourth-order valence-electron chi connectivity index (χ4n) is 2.49. The lowest BCUT2D eigenvalue weighted by Gasteiger charge is -2.03. The normalized spacial score (nSPS) is 10.7. The second-order valence-electron chi connectivity index (χ2n) is 5.66. The molecule has 3 nitrogen and oxygen atoms in total. The van der Waals surface area contributed by atoms with Gasteiger partial charge in [-0.2, -0.15) is 0 Å². The third-order valence-corrected chi connectivity index (χ3v) is 3.82. The van der Waals surface area contributed by atoms with Crippen LogP contribution in [0.25, 0.3) is 0 Å². The van der Waals surface area contributed by atoms with Crippen LogP contribution in [0.1, 0.15) is 73.7 Å². The molecule has 21 heavy (non-hydrogen) atoms. The van der Waals surface area contributed by atoms with E-state index in [-0.39, 0.29) is 0 Å². The maximum atomic E-state index is 10.7. The summed E-state index contributed by atoms with van der Waals surface area (Å²) >= 11 is 0. The maximum absolute atomic E-state index is 10.7. The first-order valence-corrected chi connectivity index (χ1v) is 8.17. The summed E-state index contributed by atoms with van der Waals surface area (Å²) in [5, 5.41) is 17.5. The van der Waals surface area contributed by atoms with Crippen LogP contribution in [0.2, 0.25) is 0 Å². The topological polar surface area (TPSA) is 57.5 Å².